The summed E-state index contributed by atoms with van der Waals surface area (Å²) in [5.41, 5.74) is 3.02. The van der Waals surface area contributed by atoms with E-state index in [2.05, 4.69) is 4.98 Å². The fraction of sp³-hybridized carbons (Fsp3) is 0.258. The van der Waals surface area contributed by atoms with Gasteiger partial charge in [0.2, 0.25) is 5.95 Å². The smallest absolute Gasteiger partial charge is 0.258 e. The van der Waals surface area contributed by atoms with Crippen molar-refractivity contribution in [2.75, 3.05) is 18.5 Å². The van der Waals surface area contributed by atoms with Crippen LogP contribution in [0.5, 0.6) is 0 Å². The Bertz CT molecular complexity index is 1380. The molecule has 1 aromatic heterocycles. The molecule has 2 atom stereocenters. The zero-order valence-electron chi connectivity index (χ0n) is 21.4. The lowest BCUT2D eigenvalue weighted by atomic mass is 9.91. The largest absolute Gasteiger partial charge is 0.386 e. The van der Waals surface area contributed by atoms with E-state index in [-0.39, 0.29) is 11.5 Å². The molecule has 5 rings (SSSR count). The normalized spacial score (nSPS) is 16.2. The summed E-state index contributed by atoms with van der Waals surface area (Å²) in [4.78, 5) is 27.0. The molecule has 0 spiro atoms. The Morgan fingerprint density at radius 1 is 1.03 bits per heavy atom. The lowest BCUT2D eigenvalue weighted by Gasteiger charge is -2.39. The van der Waals surface area contributed by atoms with E-state index in [9.17, 15) is 14.3 Å². The first-order chi connectivity index (χ1) is 18.5. The molecule has 2 heterocycles. The molecule has 1 aliphatic rings. The SMILES string of the molecule is CN(Cc1ccccc1)c1ncc(C(=O)N2CCCCC2C(O)c2ccccc2F)c(-c2ccccc2)n1. The minimum atomic E-state index is -1.13. The number of carbonyl (C=O) groups is 1. The number of piperidine rings is 1. The molecule has 7 heteroatoms. The van der Waals surface area contributed by atoms with Crippen molar-refractivity contribution < 1.29 is 14.3 Å². The summed E-state index contributed by atoms with van der Waals surface area (Å²) in [6.45, 7) is 1.09. The Balaban J connectivity index is 1.49. The van der Waals surface area contributed by atoms with Crippen molar-refractivity contribution in [2.45, 2.75) is 38.0 Å². The van der Waals surface area contributed by atoms with E-state index >= 15 is 0 Å². The van der Waals surface area contributed by atoms with Gasteiger partial charge in [0, 0.05) is 37.5 Å². The van der Waals surface area contributed by atoms with E-state index in [1.807, 2.05) is 72.6 Å². The van der Waals surface area contributed by atoms with Crippen molar-refractivity contribution >= 4 is 11.9 Å². The molecule has 3 aromatic carbocycles. The summed E-state index contributed by atoms with van der Waals surface area (Å²) in [6, 6.07) is 25.3. The van der Waals surface area contributed by atoms with Gasteiger partial charge in [-0.1, -0.05) is 78.9 Å². The maximum atomic E-state index is 14.5. The number of halogens is 1. The topological polar surface area (TPSA) is 69.6 Å². The fourth-order valence-electron chi connectivity index (χ4n) is 5.07. The summed E-state index contributed by atoms with van der Waals surface area (Å²) in [7, 11) is 1.92. The first-order valence-electron chi connectivity index (χ1n) is 12.9. The van der Waals surface area contributed by atoms with Crippen LogP contribution in [-0.4, -0.2) is 45.5 Å². The van der Waals surface area contributed by atoms with E-state index in [0.29, 0.717) is 36.7 Å². The van der Waals surface area contributed by atoms with Gasteiger partial charge in [-0.25, -0.2) is 14.4 Å². The van der Waals surface area contributed by atoms with Crippen LogP contribution in [0.4, 0.5) is 10.3 Å². The van der Waals surface area contributed by atoms with Crippen LogP contribution in [0.1, 0.15) is 46.9 Å². The van der Waals surface area contributed by atoms with Gasteiger partial charge < -0.3 is 14.9 Å². The molecule has 0 aliphatic carbocycles. The first kappa shape index (κ1) is 25.5. The maximum absolute atomic E-state index is 14.5. The third-order valence-electron chi connectivity index (χ3n) is 7.06. The Kier molecular flexibility index (Phi) is 7.75. The number of anilines is 1. The van der Waals surface area contributed by atoms with Gasteiger partial charge in [0.25, 0.3) is 5.91 Å². The number of aliphatic hydroxyl groups is 1. The van der Waals surface area contributed by atoms with Crippen LogP contribution in [0.25, 0.3) is 11.3 Å². The molecular formula is C31H31FN4O2. The molecule has 0 radical (unpaired) electrons. The molecule has 1 N–H and O–H groups in total. The van der Waals surface area contributed by atoms with Crippen molar-refractivity contribution in [3.8, 4) is 11.3 Å². The van der Waals surface area contributed by atoms with Crippen molar-refractivity contribution in [2.24, 2.45) is 0 Å². The number of benzene rings is 3. The predicted molar refractivity (Wildman–Crippen MR) is 146 cm³/mol. The fourth-order valence-corrected chi connectivity index (χ4v) is 5.07. The van der Waals surface area contributed by atoms with Crippen molar-refractivity contribution in [3.63, 3.8) is 0 Å². The molecule has 2 unspecified atom stereocenters. The molecule has 38 heavy (non-hydrogen) atoms. The quantitative estimate of drug-likeness (QED) is 0.348. The number of aliphatic hydroxyl groups excluding tert-OH is 1. The van der Waals surface area contributed by atoms with Gasteiger partial charge in [-0.15, -0.1) is 0 Å². The number of amides is 1. The summed E-state index contributed by atoms with van der Waals surface area (Å²) < 4.78 is 14.5. The van der Waals surface area contributed by atoms with E-state index in [0.717, 1.165) is 24.0 Å². The van der Waals surface area contributed by atoms with Crippen molar-refractivity contribution in [1.82, 2.24) is 14.9 Å². The lowest BCUT2D eigenvalue weighted by Crippen LogP contribution is -2.47. The van der Waals surface area contributed by atoms with E-state index in [1.54, 1.807) is 29.3 Å². The van der Waals surface area contributed by atoms with Gasteiger partial charge in [-0.05, 0) is 30.9 Å². The van der Waals surface area contributed by atoms with Gasteiger partial charge >= 0.3 is 0 Å². The molecular weight excluding hydrogens is 479 g/mol. The highest BCUT2D eigenvalue weighted by Crippen LogP contribution is 2.33. The number of hydrogen-bond donors (Lipinski definition) is 1. The number of hydrogen-bond acceptors (Lipinski definition) is 5. The molecule has 194 valence electrons. The van der Waals surface area contributed by atoms with Crippen LogP contribution in [0.2, 0.25) is 0 Å². The molecule has 1 amide bonds. The zero-order chi connectivity index (χ0) is 26.5. The van der Waals surface area contributed by atoms with Gasteiger partial charge in [-0.2, -0.15) is 0 Å². The average molecular weight is 511 g/mol. The monoisotopic (exact) mass is 510 g/mol. The average Bonchev–Trinajstić information content (AvgIpc) is 2.97. The Hall–Kier alpha value is -4.10. The first-order valence-corrected chi connectivity index (χ1v) is 12.9. The van der Waals surface area contributed by atoms with Crippen LogP contribution in [0.15, 0.2) is 91.1 Å². The van der Waals surface area contributed by atoms with Crippen LogP contribution in [-0.2, 0) is 6.54 Å². The Labute approximate surface area is 222 Å². The van der Waals surface area contributed by atoms with Gasteiger partial charge in [-0.3, -0.25) is 4.79 Å². The Morgan fingerprint density at radius 3 is 2.45 bits per heavy atom. The highest BCUT2D eigenvalue weighted by Gasteiger charge is 2.35. The minimum Gasteiger partial charge on any atom is -0.386 e. The summed E-state index contributed by atoms with van der Waals surface area (Å²) in [5, 5.41) is 11.2. The number of likely N-dealkylation sites (tertiary alicyclic amines) is 1. The van der Waals surface area contributed by atoms with Crippen LogP contribution in [0, 0.1) is 5.82 Å². The molecule has 6 nitrogen and oxygen atoms in total. The van der Waals surface area contributed by atoms with E-state index in [4.69, 9.17) is 4.98 Å². The summed E-state index contributed by atoms with van der Waals surface area (Å²) in [6.07, 6.45) is 2.70. The van der Waals surface area contributed by atoms with Crippen LogP contribution >= 0.6 is 0 Å². The molecule has 0 saturated carbocycles. The van der Waals surface area contributed by atoms with Crippen LogP contribution < -0.4 is 4.90 Å². The van der Waals surface area contributed by atoms with E-state index < -0.39 is 18.0 Å². The maximum Gasteiger partial charge on any atom is 0.258 e. The molecule has 1 saturated heterocycles. The molecule has 4 aromatic rings. The summed E-state index contributed by atoms with van der Waals surface area (Å²) in [5.74, 6) is -0.232. The van der Waals surface area contributed by atoms with Crippen LogP contribution in [0.3, 0.4) is 0 Å². The number of rotatable bonds is 7. The highest BCUT2D eigenvalue weighted by atomic mass is 19.1. The van der Waals surface area contributed by atoms with E-state index in [1.165, 1.54) is 6.07 Å². The van der Waals surface area contributed by atoms with Crippen molar-refractivity contribution in [1.29, 1.82) is 0 Å². The number of carbonyl (C=O) groups excluding carboxylic acids is 1. The second kappa shape index (κ2) is 11.5. The van der Waals surface area contributed by atoms with Gasteiger partial charge in [0.15, 0.2) is 0 Å². The number of nitrogens with zero attached hydrogens (tertiary/aromatic N) is 4. The van der Waals surface area contributed by atoms with Gasteiger partial charge in [0.05, 0.1) is 17.3 Å². The molecule has 1 aliphatic heterocycles. The highest BCUT2D eigenvalue weighted by molar-refractivity contribution is 6.00. The molecule has 0 bridgehead atoms. The number of aromatic nitrogens is 2. The zero-order valence-corrected chi connectivity index (χ0v) is 21.4. The lowest BCUT2D eigenvalue weighted by molar-refractivity contribution is 0.0199. The minimum absolute atomic E-state index is 0.203. The second-order valence-corrected chi connectivity index (χ2v) is 9.67. The third-order valence-corrected chi connectivity index (χ3v) is 7.06. The third kappa shape index (κ3) is 5.43. The molecule has 1 fully saturated rings. The van der Waals surface area contributed by atoms with Crippen molar-refractivity contribution in [3.05, 3.63) is 114 Å². The summed E-state index contributed by atoms with van der Waals surface area (Å²) >= 11 is 0. The predicted octanol–water partition coefficient (Wildman–Crippen LogP) is 5.65. The second-order valence-electron chi connectivity index (χ2n) is 9.67. The standard InChI is InChI=1S/C31H31FN4O2/c1-35(21-22-12-4-2-5-13-22)31-33-20-25(28(34-31)23-14-6-3-7-15-23)30(38)36-19-11-10-18-27(36)29(37)24-16-8-9-17-26(24)32/h2-9,12-17,20,27,29,37H,10-11,18-19,21H2,1H3. The van der Waals surface area contributed by atoms with Gasteiger partial charge in [0.1, 0.15) is 11.9 Å². The Morgan fingerprint density at radius 2 is 1.71 bits per heavy atom.